The van der Waals surface area contributed by atoms with E-state index in [0.717, 1.165) is 11.8 Å². The SMILES string of the molecule is CC(=O)SCC(C)C(=O)N1CCSC1(C)C(=O)O. The van der Waals surface area contributed by atoms with E-state index in [1.807, 2.05) is 0 Å². The standard InChI is InChI=1S/C11H17NO4S2/c1-7(6-17-8(2)13)9(14)12-4-5-18-11(12,3)10(15)16/h7H,4-6H2,1-3H3,(H,15,16). The van der Waals surface area contributed by atoms with Gasteiger partial charge < -0.3 is 10.0 Å². The molecule has 1 saturated heterocycles. The summed E-state index contributed by atoms with van der Waals surface area (Å²) in [4.78, 5) is 34.6. The van der Waals surface area contributed by atoms with Crippen LogP contribution in [0.2, 0.25) is 0 Å². The normalized spacial score (nSPS) is 24.9. The molecule has 1 heterocycles. The summed E-state index contributed by atoms with van der Waals surface area (Å²) in [5.41, 5.74) is 0. The van der Waals surface area contributed by atoms with Crippen molar-refractivity contribution in [2.24, 2.45) is 5.92 Å². The van der Waals surface area contributed by atoms with Crippen LogP contribution in [0.3, 0.4) is 0 Å². The summed E-state index contributed by atoms with van der Waals surface area (Å²) in [6, 6.07) is 0. The Kier molecular flexibility index (Phi) is 5.10. The van der Waals surface area contributed by atoms with Crippen LogP contribution in [0.5, 0.6) is 0 Å². The zero-order chi connectivity index (χ0) is 13.9. The van der Waals surface area contributed by atoms with Crippen LogP contribution in [0.1, 0.15) is 20.8 Å². The smallest absolute Gasteiger partial charge is 0.340 e. The van der Waals surface area contributed by atoms with E-state index in [-0.39, 0.29) is 16.9 Å². The van der Waals surface area contributed by atoms with Crippen LogP contribution in [-0.4, -0.2) is 49.9 Å². The molecule has 0 radical (unpaired) electrons. The fraction of sp³-hybridized carbons (Fsp3) is 0.727. The van der Waals surface area contributed by atoms with Gasteiger partial charge in [0.05, 0.1) is 0 Å². The van der Waals surface area contributed by atoms with E-state index in [9.17, 15) is 19.5 Å². The Labute approximate surface area is 115 Å². The second-order valence-electron chi connectivity index (χ2n) is 4.33. The van der Waals surface area contributed by atoms with Crippen molar-refractivity contribution in [3.05, 3.63) is 0 Å². The van der Waals surface area contributed by atoms with Gasteiger partial charge in [-0.2, -0.15) is 0 Å². The lowest BCUT2D eigenvalue weighted by Gasteiger charge is -2.32. The number of carbonyl (C=O) groups is 3. The van der Waals surface area contributed by atoms with Crippen LogP contribution >= 0.6 is 23.5 Å². The molecule has 1 amide bonds. The number of aliphatic carboxylic acids is 1. The summed E-state index contributed by atoms with van der Waals surface area (Å²) >= 11 is 2.36. The summed E-state index contributed by atoms with van der Waals surface area (Å²) in [6.45, 7) is 5.18. The average Bonchev–Trinajstić information content (AvgIpc) is 2.68. The molecule has 102 valence electrons. The fourth-order valence-electron chi connectivity index (χ4n) is 1.70. The molecule has 1 fully saturated rings. The Morgan fingerprint density at radius 2 is 2.11 bits per heavy atom. The predicted molar refractivity (Wildman–Crippen MR) is 72.5 cm³/mol. The first-order valence-corrected chi connectivity index (χ1v) is 7.58. The molecule has 0 bridgehead atoms. The highest BCUT2D eigenvalue weighted by atomic mass is 32.2. The molecule has 0 aromatic rings. The van der Waals surface area contributed by atoms with E-state index in [0.29, 0.717) is 18.1 Å². The maximum atomic E-state index is 12.2. The lowest BCUT2D eigenvalue weighted by molar-refractivity contribution is -0.152. The second-order valence-corrected chi connectivity index (χ2v) is 7.02. The molecule has 0 saturated carbocycles. The van der Waals surface area contributed by atoms with Gasteiger partial charge in [0.2, 0.25) is 5.91 Å². The summed E-state index contributed by atoms with van der Waals surface area (Å²) in [6.07, 6.45) is 0. The topological polar surface area (TPSA) is 74.7 Å². The van der Waals surface area contributed by atoms with Gasteiger partial charge in [-0.25, -0.2) is 4.79 Å². The van der Waals surface area contributed by atoms with Crippen molar-refractivity contribution in [1.82, 2.24) is 4.90 Å². The van der Waals surface area contributed by atoms with E-state index in [1.54, 1.807) is 13.8 Å². The fourth-order valence-corrected chi connectivity index (χ4v) is 3.46. The number of nitrogens with zero attached hydrogens (tertiary/aromatic N) is 1. The Morgan fingerprint density at radius 3 is 2.61 bits per heavy atom. The molecular formula is C11H17NO4S2. The number of thioether (sulfide) groups is 2. The van der Waals surface area contributed by atoms with Gasteiger partial charge in [0.1, 0.15) is 0 Å². The van der Waals surface area contributed by atoms with Gasteiger partial charge >= 0.3 is 5.97 Å². The second kappa shape index (κ2) is 5.97. The Morgan fingerprint density at radius 1 is 1.50 bits per heavy atom. The van der Waals surface area contributed by atoms with Gasteiger partial charge in [-0.15, -0.1) is 11.8 Å². The van der Waals surface area contributed by atoms with Gasteiger partial charge in [-0.3, -0.25) is 9.59 Å². The largest absolute Gasteiger partial charge is 0.479 e. The lowest BCUT2D eigenvalue weighted by Crippen LogP contribution is -2.51. The van der Waals surface area contributed by atoms with Crippen molar-refractivity contribution in [3.8, 4) is 0 Å². The Hall–Kier alpha value is -0.690. The molecule has 0 spiro atoms. The minimum Gasteiger partial charge on any atom is -0.479 e. The molecule has 1 N–H and O–H groups in total. The molecule has 5 nitrogen and oxygen atoms in total. The quantitative estimate of drug-likeness (QED) is 0.841. The number of carboxylic acids is 1. The first kappa shape index (κ1) is 15.4. The van der Waals surface area contributed by atoms with E-state index >= 15 is 0 Å². The van der Waals surface area contributed by atoms with Gasteiger partial charge in [-0.05, 0) is 6.92 Å². The third-order valence-corrected chi connectivity index (χ3v) is 5.25. The highest BCUT2D eigenvalue weighted by Crippen LogP contribution is 2.36. The first-order chi connectivity index (χ1) is 8.29. The molecule has 2 atom stereocenters. The van der Waals surface area contributed by atoms with Crippen molar-refractivity contribution in [1.29, 1.82) is 0 Å². The summed E-state index contributed by atoms with van der Waals surface area (Å²) in [7, 11) is 0. The minimum atomic E-state index is -1.17. The Bertz CT molecular complexity index is 374. The highest BCUT2D eigenvalue weighted by Gasteiger charge is 2.47. The minimum absolute atomic E-state index is 0.0357. The third kappa shape index (κ3) is 3.20. The maximum absolute atomic E-state index is 12.2. The summed E-state index contributed by atoms with van der Waals surface area (Å²) in [5.74, 6) is -0.522. The number of hydrogen-bond donors (Lipinski definition) is 1. The van der Waals surface area contributed by atoms with Crippen molar-refractivity contribution in [2.75, 3.05) is 18.1 Å². The van der Waals surface area contributed by atoms with E-state index in [1.165, 1.54) is 23.6 Å². The zero-order valence-electron chi connectivity index (χ0n) is 10.6. The maximum Gasteiger partial charge on any atom is 0.340 e. The van der Waals surface area contributed by atoms with Crippen molar-refractivity contribution in [3.63, 3.8) is 0 Å². The average molecular weight is 291 g/mol. The summed E-state index contributed by atoms with van der Waals surface area (Å²) in [5, 5.41) is 9.18. The molecule has 7 heteroatoms. The molecular weight excluding hydrogens is 274 g/mol. The van der Waals surface area contributed by atoms with Gasteiger partial charge in [0, 0.05) is 30.9 Å². The van der Waals surface area contributed by atoms with Crippen LogP contribution < -0.4 is 0 Å². The van der Waals surface area contributed by atoms with Gasteiger partial charge in [0.25, 0.3) is 0 Å². The molecule has 2 unspecified atom stereocenters. The highest BCUT2D eigenvalue weighted by molar-refractivity contribution is 8.13. The molecule has 0 aromatic heterocycles. The predicted octanol–water partition coefficient (Wildman–Crippen LogP) is 1.28. The summed E-state index contributed by atoms with van der Waals surface area (Å²) < 4.78 is 0. The number of rotatable bonds is 4. The van der Waals surface area contributed by atoms with E-state index in [4.69, 9.17) is 0 Å². The number of carbonyl (C=O) groups excluding carboxylic acids is 2. The molecule has 18 heavy (non-hydrogen) atoms. The van der Waals surface area contributed by atoms with Crippen LogP contribution in [0, 0.1) is 5.92 Å². The first-order valence-electron chi connectivity index (χ1n) is 5.61. The molecule has 1 aliphatic rings. The molecule has 0 aliphatic carbocycles. The van der Waals surface area contributed by atoms with Crippen LogP contribution in [0.4, 0.5) is 0 Å². The van der Waals surface area contributed by atoms with Crippen molar-refractivity contribution >= 4 is 40.5 Å². The van der Waals surface area contributed by atoms with E-state index in [2.05, 4.69) is 0 Å². The monoisotopic (exact) mass is 291 g/mol. The van der Waals surface area contributed by atoms with Gasteiger partial charge in [0.15, 0.2) is 9.99 Å². The molecule has 1 rings (SSSR count). The molecule has 1 aliphatic heterocycles. The third-order valence-electron chi connectivity index (χ3n) is 2.83. The van der Waals surface area contributed by atoms with Crippen LogP contribution in [-0.2, 0) is 14.4 Å². The number of hydrogen-bond acceptors (Lipinski definition) is 5. The van der Waals surface area contributed by atoms with Crippen LogP contribution in [0.25, 0.3) is 0 Å². The molecule has 0 aromatic carbocycles. The van der Waals surface area contributed by atoms with E-state index < -0.39 is 10.8 Å². The van der Waals surface area contributed by atoms with Crippen LogP contribution in [0.15, 0.2) is 0 Å². The number of carboxylic acid groups (broad SMARTS) is 1. The van der Waals surface area contributed by atoms with Gasteiger partial charge in [-0.1, -0.05) is 18.7 Å². The Balaban J connectivity index is 2.71. The van der Waals surface area contributed by atoms with Crippen molar-refractivity contribution < 1.29 is 19.5 Å². The lowest BCUT2D eigenvalue weighted by atomic mass is 10.1. The van der Waals surface area contributed by atoms with Crippen molar-refractivity contribution in [2.45, 2.75) is 25.6 Å². The number of amides is 1. The zero-order valence-corrected chi connectivity index (χ0v) is 12.3.